The van der Waals surface area contributed by atoms with Crippen LogP contribution in [0.2, 0.25) is 0 Å². The average Bonchev–Trinajstić information content (AvgIpc) is 2.62. The highest BCUT2D eigenvalue weighted by Crippen LogP contribution is 2.56. The molecule has 6 heteroatoms. The van der Waals surface area contributed by atoms with E-state index in [2.05, 4.69) is 0 Å². The second kappa shape index (κ2) is 4.99. The number of alkyl halides is 3. The van der Waals surface area contributed by atoms with Gasteiger partial charge in [-0.15, -0.1) is 0 Å². The number of hydrogen-bond donors (Lipinski definition) is 0. The van der Waals surface area contributed by atoms with E-state index in [1.807, 2.05) is 0 Å². The van der Waals surface area contributed by atoms with Crippen LogP contribution in [0.5, 0.6) is 0 Å². The van der Waals surface area contributed by atoms with Gasteiger partial charge in [-0.3, -0.25) is 9.59 Å². The monoisotopic (exact) mass is 306 g/mol. The molecule has 0 aromatic rings. The van der Waals surface area contributed by atoms with E-state index in [9.17, 15) is 22.8 Å². The van der Waals surface area contributed by atoms with E-state index < -0.39 is 41.3 Å². The fourth-order valence-corrected chi connectivity index (χ4v) is 3.53. The van der Waals surface area contributed by atoms with Crippen molar-refractivity contribution in [2.75, 3.05) is 0 Å². The van der Waals surface area contributed by atoms with Crippen LogP contribution >= 0.6 is 0 Å². The van der Waals surface area contributed by atoms with Crippen molar-refractivity contribution in [1.82, 2.24) is 0 Å². The summed E-state index contributed by atoms with van der Waals surface area (Å²) in [5, 5.41) is 0. The average molecular weight is 306 g/mol. The van der Waals surface area contributed by atoms with E-state index in [1.165, 1.54) is 20.8 Å². The topological polar surface area (TPSA) is 43.4 Å². The highest BCUT2D eigenvalue weighted by molar-refractivity contribution is 6.07. The van der Waals surface area contributed by atoms with Crippen molar-refractivity contribution in [3.8, 4) is 0 Å². The number of hydrogen-bond acceptors (Lipinski definition) is 3. The molecule has 0 radical (unpaired) electrons. The van der Waals surface area contributed by atoms with Crippen molar-refractivity contribution < 1.29 is 27.5 Å². The molecule has 0 aliphatic heterocycles. The van der Waals surface area contributed by atoms with Crippen molar-refractivity contribution in [1.29, 1.82) is 0 Å². The lowest BCUT2D eigenvalue weighted by molar-refractivity contribution is -0.233. The molecule has 2 saturated carbocycles. The number of carbonyl (C=O) groups is 2. The highest BCUT2D eigenvalue weighted by atomic mass is 19.4. The van der Waals surface area contributed by atoms with Gasteiger partial charge in [0.2, 0.25) is 5.41 Å². The normalized spacial score (nSPS) is 33.7. The van der Waals surface area contributed by atoms with Gasteiger partial charge in [0.15, 0.2) is 5.78 Å². The van der Waals surface area contributed by atoms with E-state index >= 15 is 0 Å². The van der Waals surface area contributed by atoms with Gasteiger partial charge in [-0.25, -0.2) is 0 Å². The summed E-state index contributed by atoms with van der Waals surface area (Å²) >= 11 is 0. The molecule has 0 N–H and O–H groups in total. The number of ketones is 1. The predicted molar refractivity (Wildman–Crippen MR) is 69.4 cm³/mol. The molecule has 0 aromatic carbocycles. The van der Waals surface area contributed by atoms with Gasteiger partial charge in [0.1, 0.15) is 5.60 Å². The number of esters is 1. The number of halogens is 3. The third kappa shape index (κ3) is 2.69. The van der Waals surface area contributed by atoms with Crippen LogP contribution in [0, 0.1) is 17.3 Å². The number of carbonyl (C=O) groups excluding carboxylic acids is 2. The van der Waals surface area contributed by atoms with E-state index in [4.69, 9.17) is 4.74 Å². The first-order valence-electron chi connectivity index (χ1n) is 7.33. The van der Waals surface area contributed by atoms with Gasteiger partial charge in [0.25, 0.3) is 0 Å². The summed E-state index contributed by atoms with van der Waals surface area (Å²) in [7, 11) is 0. The lowest BCUT2D eigenvalue weighted by Crippen LogP contribution is -2.51. The summed E-state index contributed by atoms with van der Waals surface area (Å²) in [5.41, 5.74) is -4.01. The zero-order valence-corrected chi connectivity index (χ0v) is 12.5. The van der Waals surface area contributed by atoms with Crippen LogP contribution in [0.15, 0.2) is 0 Å². The maximum Gasteiger partial charge on any atom is 0.411 e. The van der Waals surface area contributed by atoms with Crippen LogP contribution in [0.25, 0.3) is 0 Å². The minimum absolute atomic E-state index is 0.347. The minimum atomic E-state index is -4.90. The van der Waals surface area contributed by atoms with Crippen molar-refractivity contribution in [3.05, 3.63) is 0 Å². The number of ether oxygens (including phenoxy) is 1. The van der Waals surface area contributed by atoms with Crippen molar-refractivity contribution in [2.24, 2.45) is 17.3 Å². The van der Waals surface area contributed by atoms with E-state index in [0.717, 1.165) is 12.8 Å². The van der Waals surface area contributed by atoms with Crippen LogP contribution in [0.3, 0.4) is 0 Å². The Hall–Kier alpha value is -1.07. The third-order valence-corrected chi connectivity index (χ3v) is 4.47. The van der Waals surface area contributed by atoms with Crippen LogP contribution in [-0.2, 0) is 14.3 Å². The van der Waals surface area contributed by atoms with Crippen LogP contribution < -0.4 is 0 Å². The summed E-state index contributed by atoms with van der Waals surface area (Å²) in [6.45, 7) is 4.50. The molecule has 0 spiro atoms. The molecule has 2 aliphatic rings. The standard InChI is InChI=1S/C15H21F3O3/c1-13(2,3)21-12(20)14(15(16,17)18)8-9-6-4-5-7-10(9)11(14)19/h9-10H,4-8H2,1-3H3/t9-,10-,14+/m0/s1. The number of fused-ring (bicyclic) bond motifs is 1. The molecule has 3 atom stereocenters. The van der Waals surface area contributed by atoms with Gasteiger partial charge < -0.3 is 4.74 Å². The zero-order chi connectivity index (χ0) is 16.1. The molecule has 2 fully saturated rings. The number of rotatable bonds is 1. The lowest BCUT2D eigenvalue weighted by Gasteiger charge is -2.31. The number of Topliss-reactive ketones (excluding diaryl/α,β-unsaturated/α-hetero) is 1. The van der Waals surface area contributed by atoms with Crippen molar-refractivity contribution in [3.63, 3.8) is 0 Å². The Morgan fingerprint density at radius 2 is 1.76 bits per heavy atom. The summed E-state index contributed by atoms with van der Waals surface area (Å²) in [4.78, 5) is 24.6. The maximum atomic E-state index is 13.6. The quantitative estimate of drug-likeness (QED) is 0.548. The van der Waals surface area contributed by atoms with Crippen molar-refractivity contribution >= 4 is 11.8 Å². The molecule has 0 unspecified atom stereocenters. The first-order valence-corrected chi connectivity index (χ1v) is 7.33. The molecular weight excluding hydrogens is 285 g/mol. The van der Waals surface area contributed by atoms with Crippen LogP contribution in [0.1, 0.15) is 52.9 Å². The van der Waals surface area contributed by atoms with Crippen LogP contribution in [0.4, 0.5) is 13.2 Å². The molecule has 0 amide bonds. The molecule has 120 valence electrons. The van der Waals surface area contributed by atoms with E-state index in [0.29, 0.717) is 12.8 Å². The third-order valence-electron chi connectivity index (χ3n) is 4.47. The zero-order valence-electron chi connectivity index (χ0n) is 12.5. The minimum Gasteiger partial charge on any atom is -0.459 e. The van der Waals surface area contributed by atoms with Crippen LogP contribution in [-0.4, -0.2) is 23.5 Å². The van der Waals surface area contributed by atoms with E-state index in [1.54, 1.807) is 0 Å². The predicted octanol–water partition coefficient (Wildman–Crippen LogP) is 3.66. The molecule has 2 aliphatic carbocycles. The molecule has 0 heterocycles. The maximum absolute atomic E-state index is 13.6. The Balaban J connectivity index is 2.40. The van der Waals surface area contributed by atoms with Gasteiger partial charge >= 0.3 is 12.1 Å². The lowest BCUT2D eigenvalue weighted by atomic mass is 9.81. The molecule has 0 saturated heterocycles. The Morgan fingerprint density at radius 3 is 2.24 bits per heavy atom. The summed E-state index contributed by atoms with van der Waals surface area (Å²) in [5.74, 6) is -3.40. The molecule has 3 nitrogen and oxygen atoms in total. The molecule has 2 rings (SSSR count). The molecular formula is C15H21F3O3. The second-order valence-corrected chi connectivity index (χ2v) is 7.12. The highest BCUT2D eigenvalue weighted by Gasteiger charge is 2.72. The fourth-order valence-electron chi connectivity index (χ4n) is 3.53. The Labute approximate surface area is 122 Å². The first-order chi connectivity index (χ1) is 9.49. The second-order valence-electron chi connectivity index (χ2n) is 7.12. The van der Waals surface area contributed by atoms with Crippen molar-refractivity contribution in [2.45, 2.75) is 64.7 Å². The molecule has 0 aromatic heterocycles. The smallest absolute Gasteiger partial charge is 0.411 e. The molecule has 0 bridgehead atoms. The summed E-state index contributed by atoms with van der Waals surface area (Å²) in [6.07, 6.45) is -2.76. The fraction of sp³-hybridized carbons (Fsp3) is 0.867. The van der Waals surface area contributed by atoms with Gasteiger partial charge in [0.05, 0.1) is 0 Å². The Bertz CT molecular complexity index is 450. The largest absolute Gasteiger partial charge is 0.459 e. The van der Waals surface area contributed by atoms with Gasteiger partial charge in [-0.05, 0) is 46.0 Å². The molecule has 21 heavy (non-hydrogen) atoms. The Morgan fingerprint density at radius 1 is 1.19 bits per heavy atom. The van der Waals surface area contributed by atoms with Gasteiger partial charge in [0, 0.05) is 5.92 Å². The van der Waals surface area contributed by atoms with Gasteiger partial charge in [-0.2, -0.15) is 13.2 Å². The van der Waals surface area contributed by atoms with Gasteiger partial charge in [-0.1, -0.05) is 12.8 Å². The summed E-state index contributed by atoms with van der Waals surface area (Å²) in [6, 6.07) is 0. The summed E-state index contributed by atoms with van der Waals surface area (Å²) < 4.78 is 45.8. The SMILES string of the molecule is CC(C)(C)OC(=O)[C@@]1(C(F)(F)F)C[C@@H]2CCCC[C@@H]2C1=O. The van der Waals surface area contributed by atoms with E-state index in [-0.39, 0.29) is 5.92 Å². The first kappa shape index (κ1) is 16.3. The Kier molecular flexibility index (Phi) is 3.87.